The molecule has 1 atom stereocenters. The number of nitrogens with one attached hydrogen (secondary N) is 1. The minimum absolute atomic E-state index is 0.0580. The zero-order valence-electron chi connectivity index (χ0n) is 11.3. The van der Waals surface area contributed by atoms with E-state index >= 15 is 0 Å². The second-order valence-corrected chi connectivity index (χ2v) is 5.23. The van der Waals surface area contributed by atoms with E-state index in [-0.39, 0.29) is 11.9 Å². The van der Waals surface area contributed by atoms with Crippen molar-refractivity contribution in [3.05, 3.63) is 51.7 Å². The maximum Gasteiger partial charge on any atom is 0.252 e. The van der Waals surface area contributed by atoms with Gasteiger partial charge in [0, 0.05) is 10.9 Å². The summed E-state index contributed by atoms with van der Waals surface area (Å²) in [6.45, 7) is 3.98. The lowest BCUT2D eigenvalue weighted by molar-refractivity contribution is 0.0940. The molecule has 1 aromatic heterocycles. The number of rotatable bonds is 4. The Morgan fingerprint density at radius 3 is 2.79 bits per heavy atom. The van der Waals surface area contributed by atoms with Gasteiger partial charge in [0.1, 0.15) is 5.75 Å². The first-order valence-corrected chi connectivity index (χ1v) is 7.03. The monoisotopic (exact) mass is 275 g/mol. The number of carbonyl (C=O) groups excluding carboxylic acids is 1. The number of hydrogen-bond acceptors (Lipinski definition) is 3. The Hall–Kier alpha value is -1.81. The van der Waals surface area contributed by atoms with Crippen LogP contribution in [-0.4, -0.2) is 13.0 Å². The summed E-state index contributed by atoms with van der Waals surface area (Å²) in [4.78, 5) is 12.0. The second-order valence-electron chi connectivity index (χ2n) is 4.45. The van der Waals surface area contributed by atoms with Crippen molar-refractivity contribution in [2.24, 2.45) is 0 Å². The number of amides is 1. The van der Waals surface area contributed by atoms with Crippen molar-refractivity contribution in [3.63, 3.8) is 0 Å². The fourth-order valence-corrected chi connectivity index (χ4v) is 2.58. The number of benzene rings is 1. The molecule has 2 aromatic rings. The van der Waals surface area contributed by atoms with Gasteiger partial charge in [-0.05, 0) is 31.4 Å². The van der Waals surface area contributed by atoms with E-state index in [1.165, 1.54) is 11.3 Å². The molecule has 0 aliphatic carbocycles. The Balaban J connectivity index is 2.18. The second kappa shape index (κ2) is 5.89. The van der Waals surface area contributed by atoms with Gasteiger partial charge in [0.15, 0.2) is 0 Å². The van der Waals surface area contributed by atoms with Crippen LogP contribution in [0.15, 0.2) is 35.0 Å². The van der Waals surface area contributed by atoms with Gasteiger partial charge in [-0.1, -0.05) is 17.7 Å². The number of aryl methyl sites for hydroxylation is 1. The summed E-state index contributed by atoms with van der Waals surface area (Å²) in [5.41, 5.74) is 2.84. The number of hydrogen-bond donors (Lipinski definition) is 1. The SMILES string of the molecule is COc1ccc(C)cc1[C@H](C)NC(=O)c1ccsc1. The third-order valence-electron chi connectivity index (χ3n) is 2.98. The molecule has 1 amide bonds. The summed E-state index contributed by atoms with van der Waals surface area (Å²) < 4.78 is 5.34. The highest BCUT2D eigenvalue weighted by Gasteiger charge is 2.15. The van der Waals surface area contributed by atoms with Crippen LogP contribution in [0.4, 0.5) is 0 Å². The highest BCUT2D eigenvalue weighted by Crippen LogP contribution is 2.26. The summed E-state index contributed by atoms with van der Waals surface area (Å²) in [5.74, 6) is 0.737. The molecule has 3 nitrogen and oxygen atoms in total. The molecular formula is C15H17NO2S. The van der Waals surface area contributed by atoms with E-state index in [0.717, 1.165) is 16.9 Å². The Kier molecular flexibility index (Phi) is 4.22. The van der Waals surface area contributed by atoms with E-state index in [0.29, 0.717) is 5.56 Å². The van der Waals surface area contributed by atoms with E-state index in [2.05, 4.69) is 5.32 Å². The lowest BCUT2D eigenvalue weighted by Gasteiger charge is -2.17. The maximum atomic E-state index is 12.0. The molecule has 2 rings (SSSR count). The van der Waals surface area contributed by atoms with E-state index < -0.39 is 0 Å². The van der Waals surface area contributed by atoms with Gasteiger partial charge < -0.3 is 10.1 Å². The molecular weight excluding hydrogens is 258 g/mol. The van der Waals surface area contributed by atoms with Crippen LogP contribution in [-0.2, 0) is 0 Å². The molecule has 0 spiro atoms. The van der Waals surface area contributed by atoms with Crippen molar-refractivity contribution in [1.29, 1.82) is 0 Å². The molecule has 19 heavy (non-hydrogen) atoms. The van der Waals surface area contributed by atoms with Gasteiger partial charge in [0.2, 0.25) is 0 Å². The van der Waals surface area contributed by atoms with Crippen LogP contribution in [0.3, 0.4) is 0 Å². The summed E-state index contributed by atoms with van der Waals surface area (Å²) in [6.07, 6.45) is 0. The number of methoxy groups -OCH3 is 1. The number of thiophene rings is 1. The van der Waals surface area contributed by atoms with Gasteiger partial charge in [-0.2, -0.15) is 11.3 Å². The van der Waals surface area contributed by atoms with Crippen molar-refractivity contribution in [3.8, 4) is 5.75 Å². The Morgan fingerprint density at radius 1 is 1.37 bits per heavy atom. The minimum atomic E-state index is -0.0951. The Labute approximate surface area is 117 Å². The number of ether oxygens (including phenoxy) is 1. The van der Waals surface area contributed by atoms with Crippen molar-refractivity contribution in [2.75, 3.05) is 7.11 Å². The van der Waals surface area contributed by atoms with Crippen molar-refractivity contribution in [1.82, 2.24) is 5.32 Å². The smallest absolute Gasteiger partial charge is 0.252 e. The average molecular weight is 275 g/mol. The first-order chi connectivity index (χ1) is 9.11. The van der Waals surface area contributed by atoms with Crippen LogP contribution in [0.1, 0.15) is 34.5 Å². The average Bonchev–Trinajstić information content (AvgIpc) is 2.92. The highest BCUT2D eigenvalue weighted by molar-refractivity contribution is 7.08. The lowest BCUT2D eigenvalue weighted by Crippen LogP contribution is -2.26. The first kappa shape index (κ1) is 13.6. The molecule has 0 aliphatic rings. The summed E-state index contributed by atoms with van der Waals surface area (Å²) in [5, 5.41) is 6.73. The van der Waals surface area contributed by atoms with Gasteiger partial charge in [0.05, 0.1) is 18.7 Å². The zero-order chi connectivity index (χ0) is 13.8. The van der Waals surface area contributed by atoms with Crippen LogP contribution in [0.5, 0.6) is 5.75 Å². The van der Waals surface area contributed by atoms with Crippen LogP contribution in [0.25, 0.3) is 0 Å². The molecule has 4 heteroatoms. The van der Waals surface area contributed by atoms with Gasteiger partial charge in [-0.15, -0.1) is 0 Å². The van der Waals surface area contributed by atoms with Crippen molar-refractivity contribution < 1.29 is 9.53 Å². The fourth-order valence-electron chi connectivity index (χ4n) is 1.94. The molecule has 0 unspecified atom stereocenters. The van der Waals surface area contributed by atoms with Crippen molar-refractivity contribution >= 4 is 17.2 Å². The first-order valence-electron chi connectivity index (χ1n) is 6.09. The largest absolute Gasteiger partial charge is 0.496 e. The van der Waals surface area contributed by atoms with Crippen LogP contribution in [0, 0.1) is 6.92 Å². The predicted octanol–water partition coefficient (Wildman–Crippen LogP) is 3.56. The van der Waals surface area contributed by atoms with Crippen LogP contribution >= 0.6 is 11.3 Å². The summed E-state index contributed by atoms with van der Waals surface area (Å²) >= 11 is 1.52. The molecule has 1 heterocycles. The molecule has 0 fully saturated rings. The zero-order valence-corrected chi connectivity index (χ0v) is 12.1. The van der Waals surface area contributed by atoms with Gasteiger partial charge >= 0.3 is 0 Å². The van der Waals surface area contributed by atoms with Gasteiger partial charge in [0.25, 0.3) is 5.91 Å². The third-order valence-corrected chi connectivity index (χ3v) is 3.67. The predicted molar refractivity (Wildman–Crippen MR) is 77.9 cm³/mol. The van der Waals surface area contributed by atoms with Gasteiger partial charge in [-0.25, -0.2) is 0 Å². The van der Waals surface area contributed by atoms with E-state index in [9.17, 15) is 4.79 Å². The molecule has 0 bridgehead atoms. The van der Waals surface area contributed by atoms with E-state index in [4.69, 9.17) is 4.74 Å². The molecule has 0 aliphatic heterocycles. The molecule has 1 aromatic carbocycles. The maximum absolute atomic E-state index is 12.0. The fraction of sp³-hybridized carbons (Fsp3) is 0.267. The standard InChI is InChI=1S/C15H17NO2S/c1-10-4-5-14(18-3)13(8-10)11(2)16-15(17)12-6-7-19-9-12/h4-9,11H,1-3H3,(H,16,17)/t11-/m0/s1. The van der Waals surface area contributed by atoms with Crippen LogP contribution in [0.2, 0.25) is 0 Å². The van der Waals surface area contributed by atoms with E-state index in [1.54, 1.807) is 7.11 Å². The highest BCUT2D eigenvalue weighted by atomic mass is 32.1. The normalized spacial score (nSPS) is 11.9. The molecule has 0 radical (unpaired) electrons. The van der Waals surface area contributed by atoms with Crippen LogP contribution < -0.4 is 10.1 Å². The van der Waals surface area contributed by atoms with Gasteiger partial charge in [-0.3, -0.25) is 4.79 Å². The molecule has 0 saturated heterocycles. The minimum Gasteiger partial charge on any atom is -0.496 e. The molecule has 0 saturated carbocycles. The van der Waals surface area contributed by atoms with Crippen molar-refractivity contribution in [2.45, 2.75) is 19.9 Å². The number of carbonyl (C=O) groups is 1. The summed E-state index contributed by atoms with van der Waals surface area (Å²) in [6, 6.07) is 7.69. The molecule has 100 valence electrons. The Bertz CT molecular complexity index is 564. The topological polar surface area (TPSA) is 38.3 Å². The Morgan fingerprint density at radius 2 is 2.16 bits per heavy atom. The summed E-state index contributed by atoms with van der Waals surface area (Å²) in [7, 11) is 1.64. The quantitative estimate of drug-likeness (QED) is 0.926. The third kappa shape index (κ3) is 3.15. The lowest BCUT2D eigenvalue weighted by atomic mass is 10.0. The van der Waals surface area contributed by atoms with E-state index in [1.807, 2.05) is 48.9 Å². The molecule has 1 N–H and O–H groups in total.